The molecule has 9 heteroatoms. The van der Waals surface area contributed by atoms with Gasteiger partial charge in [0.2, 0.25) is 0 Å². The highest BCUT2D eigenvalue weighted by molar-refractivity contribution is 9.11. The van der Waals surface area contributed by atoms with Crippen LogP contribution in [0.4, 0.5) is 5.69 Å². The van der Waals surface area contributed by atoms with Crippen LogP contribution in [0.3, 0.4) is 0 Å². The Kier molecular flexibility index (Phi) is 6.73. The Morgan fingerprint density at radius 2 is 1.88 bits per heavy atom. The van der Waals surface area contributed by atoms with E-state index in [9.17, 15) is 14.7 Å². The van der Waals surface area contributed by atoms with Crippen molar-refractivity contribution in [3.63, 3.8) is 0 Å². The molecule has 0 aliphatic carbocycles. The number of halogens is 4. The van der Waals surface area contributed by atoms with Gasteiger partial charge in [-0.15, -0.1) is 0 Å². The molecule has 0 aliphatic heterocycles. The van der Waals surface area contributed by atoms with Crippen LogP contribution in [0.15, 0.2) is 39.3 Å². The van der Waals surface area contributed by atoms with E-state index in [1.54, 1.807) is 12.1 Å². The summed E-state index contributed by atoms with van der Waals surface area (Å²) in [5.74, 6) is -1.70. The lowest BCUT2D eigenvalue weighted by Crippen LogP contribution is -2.30. The van der Waals surface area contributed by atoms with Crippen molar-refractivity contribution < 1.29 is 19.4 Å². The van der Waals surface area contributed by atoms with Gasteiger partial charge < -0.3 is 15.2 Å². The number of ether oxygens (including phenoxy) is 1. The van der Waals surface area contributed by atoms with Crippen LogP contribution in [0.5, 0.6) is 5.75 Å². The molecular weight excluding hydrogens is 501 g/mol. The van der Waals surface area contributed by atoms with Crippen LogP contribution >= 0.6 is 55.1 Å². The molecule has 0 spiro atoms. The second-order valence-corrected chi connectivity index (χ2v) is 7.56. The second-order valence-electron chi connectivity index (χ2n) is 4.94. The highest BCUT2D eigenvalue weighted by Gasteiger charge is 2.23. The van der Waals surface area contributed by atoms with Crippen LogP contribution in [0.2, 0.25) is 10.0 Å². The van der Waals surface area contributed by atoms with Crippen molar-refractivity contribution in [1.82, 2.24) is 0 Å². The molecule has 1 atom stereocenters. The molecule has 0 aliphatic rings. The third kappa shape index (κ3) is 5.10. The van der Waals surface area contributed by atoms with Gasteiger partial charge in [-0.1, -0.05) is 39.1 Å². The first-order valence-corrected chi connectivity index (χ1v) is 9.18. The maximum atomic E-state index is 12.2. The molecule has 0 radical (unpaired) electrons. The minimum atomic E-state index is -1.11. The first-order chi connectivity index (χ1) is 11.7. The fourth-order valence-corrected chi connectivity index (χ4v) is 3.51. The summed E-state index contributed by atoms with van der Waals surface area (Å²) in [6.07, 6.45) is -1.11. The zero-order chi connectivity index (χ0) is 18.7. The highest BCUT2D eigenvalue weighted by atomic mass is 79.9. The summed E-state index contributed by atoms with van der Waals surface area (Å²) in [4.78, 5) is 24.4. The Bertz CT molecular complexity index is 845. The summed E-state index contributed by atoms with van der Waals surface area (Å²) in [7, 11) is 0. The molecule has 0 fully saturated rings. The number of nitrogens with one attached hydrogen (secondary N) is 1. The molecule has 2 aromatic carbocycles. The maximum absolute atomic E-state index is 12.2. The second kappa shape index (κ2) is 8.40. The summed E-state index contributed by atoms with van der Waals surface area (Å²) in [6, 6.07) is 7.55. The van der Waals surface area contributed by atoms with E-state index in [1.807, 2.05) is 0 Å². The van der Waals surface area contributed by atoms with Gasteiger partial charge >= 0.3 is 5.97 Å². The smallest absolute Gasteiger partial charge is 0.342 e. The monoisotopic (exact) mass is 509 g/mol. The third-order valence-corrected chi connectivity index (χ3v) is 4.70. The summed E-state index contributed by atoms with van der Waals surface area (Å²) in [6.45, 7) is 1.40. The van der Waals surface area contributed by atoms with Crippen molar-refractivity contribution in [2.24, 2.45) is 0 Å². The minimum absolute atomic E-state index is 0.0783. The number of amides is 1. The lowest BCUT2D eigenvalue weighted by Gasteiger charge is -2.15. The van der Waals surface area contributed by atoms with E-state index in [2.05, 4.69) is 37.2 Å². The van der Waals surface area contributed by atoms with E-state index in [4.69, 9.17) is 27.9 Å². The molecule has 2 aromatic rings. The number of rotatable bonds is 4. The lowest BCUT2D eigenvalue weighted by atomic mass is 10.2. The fraction of sp³-hybridized carbons (Fsp3) is 0.125. The van der Waals surface area contributed by atoms with Crippen molar-refractivity contribution in [1.29, 1.82) is 0 Å². The molecule has 1 amide bonds. The van der Waals surface area contributed by atoms with E-state index in [-0.39, 0.29) is 16.3 Å². The number of esters is 1. The molecular formula is C16H11Br2Cl2NO4. The normalized spacial score (nSPS) is 11.7. The number of phenols is 1. The van der Waals surface area contributed by atoms with Gasteiger partial charge in [0.1, 0.15) is 11.3 Å². The van der Waals surface area contributed by atoms with Crippen molar-refractivity contribution in [3.05, 3.63) is 54.9 Å². The number of carbonyl (C=O) groups is 2. The van der Waals surface area contributed by atoms with Gasteiger partial charge in [-0.3, -0.25) is 4.79 Å². The predicted molar refractivity (Wildman–Crippen MR) is 103 cm³/mol. The van der Waals surface area contributed by atoms with E-state index in [1.165, 1.54) is 25.1 Å². The SMILES string of the molecule is CC(OC(=O)c1cc(Br)cc(Br)c1O)C(=O)Nc1ccc(Cl)cc1Cl. The van der Waals surface area contributed by atoms with Crippen LogP contribution in [0.1, 0.15) is 17.3 Å². The number of hydrogen-bond acceptors (Lipinski definition) is 4. The fourth-order valence-electron chi connectivity index (χ4n) is 1.82. The third-order valence-electron chi connectivity index (χ3n) is 3.09. The molecule has 0 bridgehead atoms. The van der Waals surface area contributed by atoms with E-state index < -0.39 is 18.0 Å². The predicted octanol–water partition coefficient (Wildman–Crippen LogP) is 5.41. The summed E-state index contributed by atoms with van der Waals surface area (Å²) in [5.41, 5.74) is 0.262. The molecule has 132 valence electrons. The van der Waals surface area contributed by atoms with Crippen LogP contribution in [0.25, 0.3) is 0 Å². The van der Waals surface area contributed by atoms with Gasteiger partial charge in [0.25, 0.3) is 5.91 Å². The number of benzene rings is 2. The quantitative estimate of drug-likeness (QED) is 0.538. The van der Waals surface area contributed by atoms with E-state index in [0.717, 1.165) is 0 Å². The largest absolute Gasteiger partial charge is 0.506 e. The first kappa shape index (κ1) is 20.0. The molecule has 0 aromatic heterocycles. The Labute approximate surface area is 170 Å². The first-order valence-electron chi connectivity index (χ1n) is 6.84. The maximum Gasteiger partial charge on any atom is 0.342 e. The number of hydrogen-bond donors (Lipinski definition) is 2. The molecule has 0 saturated carbocycles. The summed E-state index contributed by atoms with van der Waals surface area (Å²) in [5, 5.41) is 13.2. The molecule has 0 saturated heterocycles. The molecule has 1 unspecified atom stereocenters. The number of anilines is 1. The zero-order valence-corrected chi connectivity index (χ0v) is 17.3. The Morgan fingerprint density at radius 1 is 1.20 bits per heavy atom. The van der Waals surface area contributed by atoms with Gasteiger partial charge in [-0.2, -0.15) is 0 Å². The van der Waals surface area contributed by atoms with E-state index in [0.29, 0.717) is 19.7 Å². The van der Waals surface area contributed by atoms with Gasteiger partial charge in [-0.25, -0.2) is 4.79 Å². The van der Waals surface area contributed by atoms with Crippen molar-refractivity contribution >= 4 is 72.6 Å². The van der Waals surface area contributed by atoms with Gasteiger partial charge in [-0.05, 0) is 53.2 Å². The van der Waals surface area contributed by atoms with Crippen molar-refractivity contribution in [2.75, 3.05) is 5.32 Å². The average Bonchev–Trinajstić information content (AvgIpc) is 2.53. The molecule has 5 nitrogen and oxygen atoms in total. The minimum Gasteiger partial charge on any atom is -0.506 e. The van der Waals surface area contributed by atoms with Crippen LogP contribution < -0.4 is 5.32 Å². The Hall–Kier alpha value is -1.28. The zero-order valence-electron chi connectivity index (χ0n) is 12.6. The Morgan fingerprint density at radius 3 is 2.52 bits per heavy atom. The lowest BCUT2D eigenvalue weighted by molar-refractivity contribution is -0.123. The molecule has 2 rings (SSSR count). The van der Waals surface area contributed by atoms with Gasteiger partial charge in [0, 0.05) is 9.50 Å². The summed E-state index contributed by atoms with van der Waals surface area (Å²) < 4.78 is 5.99. The van der Waals surface area contributed by atoms with Crippen LogP contribution in [-0.4, -0.2) is 23.1 Å². The van der Waals surface area contributed by atoms with Crippen LogP contribution in [-0.2, 0) is 9.53 Å². The highest BCUT2D eigenvalue weighted by Crippen LogP contribution is 2.32. The molecule has 25 heavy (non-hydrogen) atoms. The number of carbonyl (C=O) groups excluding carboxylic acids is 2. The average molecular weight is 512 g/mol. The molecule has 0 heterocycles. The standard InChI is InChI=1S/C16H11Br2Cl2NO4/c1-7(15(23)21-13-3-2-9(19)6-12(13)20)25-16(24)10-4-8(17)5-11(18)14(10)22/h2-7,22H,1H3,(H,21,23). The van der Waals surface area contributed by atoms with Gasteiger partial charge in [0.05, 0.1) is 15.2 Å². The number of phenolic OH excluding ortho intramolecular Hbond substituents is 1. The van der Waals surface area contributed by atoms with Gasteiger partial charge in [0.15, 0.2) is 6.10 Å². The number of aromatic hydroxyl groups is 1. The topological polar surface area (TPSA) is 75.6 Å². The Balaban J connectivity index is 2.09. The summed E-state index contributed by atoms with van der Waals surface area (Å²) >= 11 is 18.1. The van der Waals surface area contributed by atoms with Crippen LogP contribution in [0, 0.1) is 0 Å². The van der Waals surface area contributed by atoms with Crippen molar-refractivity contribution in [2.45, 2.75) is 13.0 Å². The van der Waals surface area contributed by atoms with Crippen molar-refractivity contribution in [3.8, 4) is 5.75 Å². The molecule has 2 N–H and O–H groups in total. The van der Waals surface area contributed by atoms with E-state index >= 15 is 0 Å².